The molecule has 13 rings (SSSR count). The van der Waals surface area contributed by atoms with E-state index in [1.807, 2.05) is 6.20 Å². The first kappa shape index (κ1) is 47.7. The molecule has 6 nitrogen and oxygen atoms in total. The van der Waals surface area contributed by atoms with Gasteiger partial charge in [0.1, 0.15) is 11.6 Å². The van der Waals surface area contributed by atoms with Gasteiger partial charge in [0.2, 0.25) is 0 Å². The number of phenols is 1. The van der Waals surface area contributed by atoms with Crippen LogP contribution in [0, 0.1) is 6.07 Å². The molecule has 0 radical (unpaired) electrons. The van der Waals surface area contributed by atoms with Crippen LogP contribution in [0.5, 0.6) is 5.75 Å². The largest absolute Gasteiger partial charge is 0.507 e. The summed E-state index contributed by atoms with van der Waals surface area (Å²) in [4.78, 5) is 10.7. The van der Waals surface area contributed by atoms with Gasteiger partial charge in [0.25, 0.3) is 0 Å². The minimum atomic E-state index is -0.352. The van der Waals surface area contributed by atoms with E-state index in [2.05, 4.69) is 268 Å². The minimum absolute atomic E-state index is 0. The number of phenolic OH excluding ortho intramolecular Hbond substituents is 1. The van der Waals surface area contributed by atoms with Crippen molar-refractivity contribution in [2.24, 2.45) is 0 Å². The van der Waals surface area contributed by atoms with Crippen molar-refractivity contribution in [3.8, 4) is 67.7 Å². The van der Waals surface area contributed by atoms with Crippen molar-refractivity contribution in [3.63, 3.8) is 0 Å². The van der Waals surface area contributed by atoms with Gasteiger partial charge in [-0.15, -0.1) is 29.8 Å². The summed E-state index contributed by atoms with van der Waals surface area (Å²) in [6, 6.07) is 76.8. The normalized spacial score (nSPS) is 12.1. The summed E-state index contributed by atoms with van der Waals surface area (Å²) in [5, 5.41) is 17.4. The van der Waals surface area contributed by atoms with Crippen molar-refractivity contribution in [3.05, 3.63) is 230 Å². The Morgan fingerprint density at radius 1 is 0.453 bits per heavy atom. The smallest absolute Gasteiger partial charge is 0.148 e. The van der Waals surface area contributed by atoms with E-state index >= 15 is 0 Å². The molecule has 0 unspecified atom stereocenters. The Bertz CT molecular complexity index is 4340. The first-order valence-corrected chi connectivity index (χ1v) is 25.5. The number of hydrogen-bond acceptors (Lipinski definition) is 3. The Morgan fingerprint density at radius 3 is 1.67 bits per heavy atom. The molecule has 13 aromatic rings. The monoisotopic (exact) mass is 1150 g/mol. The molecule has 7 heteroatoms. The van der Waals surface area contributed by atoms with E-state index in [9.17, 15) is 5.11 Å². The van der Waals surface area contributed by atoms with E-state index in [0.29, 0.717) is 11.4 Å². The van der Waals surface area contributed by atoms with Crippen LogP contribution in [0.25, 0.3) is 117 Å². The summed E-state index contributed by atoms with van der Waals surface area (Å²) in [5.74, 6) is 0.894. The van der Waals surface area contributed by atoms with Crippen LogP contribution in [0.4, 0.5) is 0 Å². The third kappa shape index (κ3) is 7.90. The number of imidazole rings is 1. The zero-order valence-corrected chi connectivity index (χ0v) is 45.0. The number of aromatic nitrogens is 5. The Hall–Kier alpha value is -8.31. The van der Waals surface area contributed by atoms with Crippen molar-refractivity contribution >= 4 is 54.6 Å². The van der Waals surface area contributed by atoms with Gasteiger partial charge in [-0.2, -0.15) is 0 Å². The molecule has 1 N–H and O–H groups in total. The van der Waals surface area contributed by atoms with E-state index in [1.165, 1.54) is 16.3 Å². The average Bonchev–Trinajstić information content (AvgIpc) is 4.11. The number of nitrogens with zero attached hydrogens (tertiary/aromatic N) is 5. The van der Waals surface area contributed by atoms with Gasteiger partial charge in [0, 0.05) is 77.0 Å². The number of rotatable bonds is 7. The maximum Gasteiger partial charge on any atom is 0.148 e. The number of aromatic hydroxyl groups is 1. The van der Waals surface area contributed by atoms with Crippen LogP contribution in [-0.4, -0.2) is 28.8 Å². The second-order valence-electron chi connectivity index (χ2n) is 21.5. The molecule has 9 aromatic carbocycles. The maximum atomic E-state index is 12.7. The van der Waals surface area contributed by atoms with Crippen LogP contribution in [0.2, 0.25) is 0 Å². The van der Waals surface area contributed by atoms with Crippen molar-refractivity contribution < 1.29 is 26.2 Å². The van der Waals surface area contributed by atoms with Crippen LogP contribution in [-0.2, 0) is 31.9 Å². The predicted molar refractivity (Wildman–Crippen MR) is 307 cm³/mol. The van der Waals surface area contributed by atoms with Crippen molar-refractivity contribution in [1.29, 1.82) is 0 Å². The molecule has 368 valence electrons. The molecule has 0 spiro atoms. The fourth-order valence-corrected chi connectivity index (χ4v) is 11.2. The zero-order chi connectivity index (χ0) is 50.5. The van der Waals surface area contributed by atoms with Crippen molar-refractivity contribution in [1.82, 2.24) is 23.7 Å². The van der Waals surface area contributed by atoms with E-state index < -0.39 is 0 Å². The average molecular weight is 1150 g/mol. The standard InChI is InChI=1S/C68H54N5O.Pt/c1-67(2,3)46-41-55(65(74)56(42-46)68(4,5)6)66-70-62-49(29-19-35-60(62)73(66)61-36-20-32-54-52-28-14-16-34-59(52)72(64(54)61)48-25-11-8-12-26-48)43-21-17-22-45(39-43)57-40-44(37-38-69-57)50-30-18-31-53-51-27-13-15-33-58(51)71(63(50)53)47-23-9-7-10-24-47;/h7-38,40-42,74H,1-6H3;/q-1;. The summed E-state index contributed by atoms with van der Waals surface area (Å²) in [5.41, 5.74) is 17.1. The van der Waals surface area contributed by atoms with Crippen LogP contribution in [0.3, 0.4) is 0 Å². The molecule has 4 heterocycles. The van der Waals surface area contributed by atoms with Gasteiger partial charge in [-0.25, -0.2) is 4.98 Å². The summed E-state index contributed by atoms with van der Waals surface area (Å²) in [6.45, 7) is 13.2. The first-order valence-electron chi connectivity index (χ1n) is 25.5. The second kappa shape index (κ2) is 18.3. The van der Waals surface area contributed by atoms with Crippen LogP contribution >= 0.6 is 0 Å². The third-order valence-corrected chi connectivity index (χ3v) is 14.8. The molecule has 75 heavy (non-hydrogen) atoms. The van der Waals surface area contributed by atoms with Gasteiger partial charge in [-0.3, -0.25) is 9.55 Å². The number of pyridine rings is 1. The van der Waals surface area contributed by atoms with E-state index in [0.717, 1.165) is 100 Å². The van der Waals surface area contributed by atoms with Crippen LogP contribution in [0.1, 0.15) is 52.7 Å². The number of hydrogen-bond donors (Lipinski definition) is 1. The SMILES string of the molecule is CC(C)(C)c1cc(-c2nc3c(-c4[c-]c(-c5cc(-c6cccc7c8ccccc8n(-c8ccccc8)c67)ccn5)ccc4)cccc3n2-c2cccc3c4ccccc4n(-c4ccccc4)c23)c(O)c(C(C)(C)C)c1.[Pt]. The summed E-state index contributed by atoms with van der Waals surface area (Å²) >= 11 is 0. The van der Waals surface area contributed by atoms with E-state index in [-0.39, 0.29) is 37.6 Å². The summed E-state index contributed by atoms with van der Waals surface area (Å²) in [6.07, 6.45) is 1.91. The molecule has 0 aliphatic carbocycles. The summed E-state index contributed by atoms with van der Waals surface area (Å²) in [7, 11) is 0. The molecule has 0 bridgehead atoms. The quantitative estimate of drug-likeness (QED) is 0.162. The van der Waals surface area contributed by atoms with Gasteiger partial charge in [0.15, 0.2) is 0 Å². The van der Waals surface area contributed by atoms with E-state index in [4.69, 9.17) is 9.97 Å². The number of benzene rings is 9. The Balaban J connectivity index is 0.00000569. The molecule has 0 aliphatic rings. The van der Waals surface area contributed by atoms with Gasteiger partial charge in [-0.05, 0) is 82.6 Å². The van der Waals surface area contributed by atoms with Gasteiger partial charge in [-0.1, -0.05) is 180 Å². The molecule has 0 atom stereocenters. The third-order valence-electron chi connectivity index (χ3n) is 14.8. The molecule has 0 saturated carbocycles. The molecule has 0 amide bonds. The topological polar surface area (TPSA) is 60.8 Å². The molecule has 4 aromatic heterocycles. The molecular formula is C68H54N5OPt-. The van der Waals surface area contributed by atoms with Crippen LogP contribution < -0.4 is 0 Å². The Morgan fingerprint density at radius 2 is 1.00 bits per heavy atom. The van der Waals surface area contributed by atoms with Crippen LogP contribution in [0.15, 0.2) is 212 Å². The molecule has 0 fully saturated rings. The summed E-state index contributed by atoms with van der Waals surface area (Å²) < 4.78 is 7.02. The van der Waals surface area contributed by atoms with E-state index in [1.54, 1.807) is 0 Å². The second-order valence-corrected chi connectivity index (χ2v) is 21.5. The Labute approximate surface area is 451 Å². The molecule has 0 aliphatic heterocycles. The fraction of sp³-hybridized carbons (Fsp3) is 0.118. The van der Waals surface area contributed by atoms with Gasteiger partial charge < -0.3 is 14.2 Å². The number of para-hydroxylation sites is 7. The fourth-order valence-electron chi connectivity index (χ4n) is 11.2. The number of fused-ring (bicyclic) bond motifs is 7. The van der Waals surface area contributed by atoms with Gasteiger partial charge >= 0.3 is 0 Å². The Kier molecular flexibility index (Phi) is 11.6. The predicted octanol–water partition coefficient (Wildman–Crippen LogP) is 17.4. The van der Waals surface area contributed by atoms with Gasteiger partial charge in [0.05, 0.1) is 44.4 Å². The maximum absolute atomic E-state index is 12.7. The zero-order valence-electron chi connectivity index (χ0n) is 42.7. The molecule has 0 saturated heterocycles. The minimum Gasteiger partial charge on any atom is -0.507 e. The van der Waals surface area contributed by atoms with Crippen molar-refractivity contribution in [2.75, 3.05) is 0 Å². The molecular weight excluding hydrogens is 1100 g/mol. The first-order chi connectivity index (χ1) is 35.9. The van der Waals surface area contributed by atoms with Crippen molar-refractivity contribution in [2.45, 2.75) is 52.4 Å².